The zero-order valence-corrected chi connectivity index (χ0v) is 22.7. The van der Waals surface area contributed by atoms with Crippen molar-refractivity contribution in [3.63, 3.8) is 0 Å². The number of hydrogen-bond acceptors (Lipinski definition) is 12. The third-order valence-corrected chi connectivity index (χ3v) is 6.93. The van der Waals surface area contributed by atoms with Crippen LogP contribution in [0.2, 0.25) is 0 Å². The number of carbonyl (C=O) groups is 6. The first kappa shape index (κ1) is 34.6. The second kappa shape index (κ2) is 13.4. The van der Waals surface area contributed by atoms with E-state index in [9.17, 15) is 49.2 Å². The number of aliphatic hydroxyl groups is 3. The molecule has 0 amide bonds. The van der Waals surface area contributed by atoms with Crippen molar-refractivity contribution in [2.75, 3.05) is 21.1 Å². The number of ketones is 5. The molecule has 13 nitrogen and oxygen atoms in total. The molecule has 7 atom stereocenters. The van der Waals surface area contributed by atoms with E-state index in [0.717, 1.165) is 6.92 Å². The van der Waals surface area contributed by atoms with E-state index in [-0.39, 0.29) is 0 Å². The van der Waals surface area contributed by atoms with E-state index in [0.29, 0.717) is 6.42 Å². The summed E-state index contributed by atoms with van der Waals surface area (Å²) in [7, 11) is 4.08. The fourth-order valence-electron chi connectivity index (χ4n) is 3.70. The van der Waals surface area contributed by atoms with Crippen molar-refractivity contribution < 1.29 is 49.2 Å². The van der Waals surface area contributed by atoms with Gasteiger partial charge < -0.3 is 36.4 Å². The van der Waals surface area contributed by atoms with Crippen LogP contribution in [0.15, 0.2) is 0 Å². The Bertz CT molecular complexity index is 905. The van der Waals surface area contributed by atoms with Crippen LogP contribution in [0.3, 0.4) is 0 Å². The summed E-state index contributed by atoms with van der Waals surface area (Å²) in [5, 5.41) is 50.4. The van der Waals surface area contributed by atoms with Crippen molar-refractivity contribution in [1.82, 2.24) is 16.0 Å². The Balaban J connectivity index is 6.93. The molecule has 0 aliphatic carbocycles. The fraction of sp³-hybridized carbons (Fsp3) is 0.750. The van der Waals surface area contributed by atoms with Gasteiger partial charge in [-0.05, 0) is 47.8 Å². The molecule has 0 rings (SSSR count). The molecule has 3 unspecified atom stereocenters. The molecule has 0 bridgehead atoms. The topological polar surface area (TPSA) is 219 Å². The Morgan fingerprint density at radius 3 is 1.62 bits per heavy atom. The summed E-state index contributed by atoms with van der Waals surface area (Å²) in [6.45, 7) is 6.77. The molecule has 0 aromatic heterocycles. The van der Waals surface area contributed by atoms with Crippen LogP contribution in [-0.2, 0) is 28.8 Å². The normalized spacial score (nSPS) is 19.8. The number of carbonyl (C=O) groups excluding carboxylic acids is 5. The molecule has 0 aliphatic rings. The Hall–Kier alpha value is -2.42. The summed E-state index contributed by atoms with van der Waals surface area (Å²) in [6, 6.07) is -3.34. The molecule has 0 fully saturated rings. The van der Waals surface area contributed by atoms with Gasteiger partial charge >= 0.3 is 5.97 Å². The van der Waals surface area contributed by atoms with Gasteiger partial charge in [-0.1, -0.05) is 20.3 Å². The van der Waals surface area contributed by atoms with Crippen LogP contribution < -0.4 is 16.0 Å². The first-order chi connectivity index (χ1) is 16.8. The lowest BCUT2D eigenvalue weighted by atomic mass is 9.71. The molecule has 0 radical (unpaired) electrons. The molecule has 212 valence electrons. The Labute approximate surface area is 216 Å². The summed E-state index contributed by atoms with van der Waals surface area (Å²) in [5.41, 5.74) is -9.91. The van der Waals surface area contributed by atoms with Gasteiger partial charge in [-0.3, -0.25) is 24.0 Å². The molecular formula is C24H41N3O10. The second-order valence-electron chi connectivity index (χ2n) is 9.57. The lowest BCUT2D eigenvalue weighted by Gasteiger charge is -2.36. The predicted octanol–water partition coefficient (Wildman–Crippen LogP) is -2.24. The number of hydrogen-bond donors (Lipinski definition) is 7. The van der Waals surface area contributed by atoms with Gasteiger partial charge in [0, 0.05) is 0 Å². The van der Waals surface area contributed by atoms with E-state index < -0.39 is 88.6 Å². The summed E-state index contributed by atoms with van der Waals surface area (Å²) < 4.78 is 0. The van der Waals surface area contributed by atoms with Crippen LogP contribution >= 0.6 is 0 Å². The quantitative estimate of drug-likeness (QED) is 0.0931. The highest BCUT2D eigenvalue weighted by molar-refractivity contribution is 6.25. The van der Waals surface area contributed by atoms with Gasteiger partial charge in [0.05, 0.1) is 31.0 Å². The number of rotatable bonds is 18. The molecule has 0 saturated carbocycles. The van der Waals surface area contributed by atoms with E-state index in [1.54, 1.807) is 13.8 Å². The average Bonchev–Trinajstić information content (AvgIpc) is 2.85. The van der Waals surface area contributed by atoms with Gasteiger partial charge in [-0.15, -0.1) is 0 Å². The molecule has 13 heteroatoms. The van der Waals surface area contributed by atoms with E-state index in [2.05, 4.69) is 16.0 Å². The smallest absolute Gasteiger partial charge is 0.344 e. The van der Waals surface area contributed by atoms with E-state index in [1.807, 2.05) is 0 Å². The molecule has 7 N–H and O–H groups in total. The first-order valence-corrected chi connectivity index (χ1v) is 11.9. The monoisotopic (exact) mass is 531 g/mol. The molecule has 0 heterocycles. The van der Waals surface area contributed by atoms with Crippen molar-refractivity contribution in [3.05, 3.63) is 0 Å². The minimum atomic E-state index is -3.60. The lowest BCUT2D eigenvalue weighted by molar-refractivity contribution is -0.181. The van der Waals surface area contributed by atoms with E-state index >= 15 is 0 Å². The van der Waals surface area contributed by atoms with Crippen molar-refractivity contribution in [2.45, 2.75) is 88.8 Å². The van der Waals surface area contributed by atoms with Crippen molar-refractivity contribution in [2.24, 2.45) is 5.92 Å². The highest BCUT2D eigenvalue weighted by Crippen LogP contribution is 2.30. The number of carboxylic acids is 1. The summed E-state index contributed by atoms with van der Waals surface area (Å²) in [4.78, 5) is 77.2. The van der Waals surface area contributed by atoms with E-state index in [4.69, 9.17) is 0 Å². The second-order valence-corrected chi connectivity index (χ2v) is 9.57. The molecule has 0 aromatic carbocycles. The average molecular weight is 532 g/mol. The fourth-order valence-corrected chi connectivity index (χ4v) is 3.70. The third-order valence-electron chi connectivity index (χ3n) is 6.93. The third kappa shape index (κ3) is 7.33. The highest BCUT2D eigenvalue weighted by atomic mass is 16.4. The van der Waals surface area contributed by atoms with Crippen LogP contribution in [0.4, 0.5) is 0 Å². The van der Waals surface area contributed by atoms with Crippen LogP contribution in [0, 0.1) is 5.92 Å². The minimum Gasteiger partial charge on any atom is -0.479 e. The molecule has 0 saturated heterocycles. The molecule has 0 aromatic rings. The minimum absolute atomic E-state index is 0.354. The molecular weight excluding hydrogens is 490 g/mol. The van der Waals surface area contributed by atoms with Gasteiger partial charge in [0.1, 0.15) is 0 Å². The molecule has 37 heavy (non-hydrogen) atoms. The molecule has 0 aliphatic heterocycles. The van der Waals surface area contributed by atoms with Crippen molar-refractivity contribution >= 4 is 34.9 Å². The van der Waals surface area contributed by atoms with Crippen molar-refractivity contribution in [1.29, 1.82) is 0 Å². The molecule has 0 spiro atoms. The predicted molar refractivity (Wildman–Crippen MR) is 132 cm³/mol. The zero-order valence-electron chi connectivity index (χ0n) is 22.7. The SMILES string of the molecule is CC[C@H](C)[C@@H](NC)C(=O)C(O)(CC(=O)C(C)(O)C(=O)[C@@H](C)NC)C(=O)C(O)(CC(=O)[C@@H](C)NC)C(=O)O. The number of nitrogens with one attached hydrogen (secondary N) is 3. The Morgan fingerprint density at radius 1 is 0.757 bits per heavy atom. The zero-order chi connectivity index (χ0) is 29.5. The summed E-state index contributed by atoms with van der Waals surface area (Å²) in [5.74, 6) is -9.60. The van der Waals surface area contributed by atoms with Gasteiger partial charge in [0.15, 0.2) is 34.3 Å². The Kier molecular flexibility index (Phi) is 12.5. The maximum atomic E-state index is 13.5. The van der Waals surface area contributed by atoms with Crippen LogP contribution in [0.5, 0.6) is 0 Å². The van der Waals surface area contributed by atoms with E-state index in [1.165, 1.54) is 35.0 Å². The maximum absolute atomic E-state index is 13.5. The van der Waals surface area contributed by atoms with Gasteiger partial charge in [-0.2, -0.15) is 0 Å². The summed E-state index contributed by atoms with van der Waals surface area (Å²) >= 11 is 0. The number of likely N-dealkylation sites (N-methyl/N-ethyl adjacent to an activating group) is 3. The number of aliphatic carboxylic acids is 1. The highest BCUT2D eigenvalue weighted by Gasteiger charge is 2.61. The first-order valence-electron chi connectivity index (χ1n) is 11.9. The number of Topliss-reactive ketones (excluding diaryl/α,β-unsaturated/α-hetero) is 5. The van der Waals surface area contributed by atoms with Crippen LogP contribution in [-0.4, -0.2) is 111 Å². The largest absolute Gasteiger partial charge is 0.479 e. The maximum Gasteiger partial charge on any atom is 0.344 e. The standard InChI is InChI=1S/C24H41N3O10/c1-9-12(2)17(27-8)19(31)23(36,11-16(29)22(5,35)18(30)14(4)26-7)20(32)24(37,21(33)34)10-15(28)13(3)25-6/h12-14,17,25-27,35-37H,9-11H2,1-8H3,(H,33,34)/t12-,13+,14+,17+,22?,23?,24?/m0/s1. The van der Waals surface area contributed by atoms with Gasteiger partial charge in [-0.25, -0.2) is 4.79 Å². The van der Waals surface area contributed by atoms with Gasteiger partial charge in [0.25, 0.3) is 0 Å². The van der Waals surface area contributed by atoms with Crippen LogP contribution in [0.25, 0.3) is 0 Å². The van der Waals surface area contributed by atoms with Crippen LogP contribution in [0.1, 0.15) is 53.9 Å². The lowest BCUT2D eigenvalue weighted by Crippen LogP contribution is -2.67. The Morgan fingerprint density at radius 2 is 1.24 bits per heavy atom. The summed E-state index contributed by atoms with van der Waals surface area (Å²) in [6.07, 6.45) is -2.50. The number of carboxylic acid groups (broad SMARTS) is 1. The van der Waals surface area contributed by atoms with Crippen molar-refractivity contribution in [3.8, 4) is 0 Å². The van der Waals surface area contributed by atoms with Gasteiger partial charge in [0.2, 0.25) is 11.4 Å².